The molecule has 1 heterocycles. The Morgan fingerprint density at radius 2 is 1.71 bits per heavy atom. The Bertz CT molecular complexity index is 775. The van der Waals surface area contributed by atoms with Crippen LogP contribution in [0.25, 0.3) is 10.9 Å². The average Bonchev–Trinajstić information content (AvgIpc) is 2.37. The number of ether oxygens (including phenoxy) is 1. The van der Waals surface area contributed by atoms with Gasteiger partial charge in [-0.05, 0) is 26.1 Å². The molecular weight excluding hydrogens is 370 g/mol. The predicted molar refractivity (Wildman–Crippen MR) is 68.9 cm³/mol. The summed E-state index contributed by atoms with van der Waals surface area (Å²) in [5.41, 5.74) is -0.936. The first kappa shape index (κ1) is 29.6. The molecule has 0 radical (unpaired) electrons. The molecule has 1 aromatic carbocycles. The smallest absolute Gasteiger partial charge is 0.807 e. The molecule has 1 aromatic heterocycles. The minimum atomic E-state index is -5.43. The zero-order valence-electron chi connectivity index (χ0n) is 14.1. The number of hydrogen-bond acceptors (Lipinski definition) is 7. The summed E-state index contributed by atoms with van der Waals surface area (Å²) < 4.78 is 14.3. The van der Waals surface area contributed by atoms with Crippen molar-refractivity contribution >= 4 is 24.2 Å². The first-order chi connectivity index (χ1) is 9.66. The van der Waals surface area contributed by atoms with Gasteiger partial charge in [0.15, 0.2) is 0 Å². The number of carboxylic acid groups (broad SMARTS) is 1. The predicted octanol–water partition coefficient (Wildman–Crippen LogP) is -9.90. The van der Waals surface area contributed by atoms with Crippen LogP contribution < -0.4 is 114 Å². The van der Waals surface area contributed by atoms with E-state index in [2.05, 4.69) is 4.98 Å². The number of fused-ring (bicyclic) bond motifs is 1. The van der Waals surface area contributed by atoms with Gasteiger partial charge < -0.3 is 34.0 Å². The zero-order chi connectivity index (χ0) is 16.2. The molecule has 0 atom stereocenters. The van der Waals surface area contributed by atoms with Crippen molar-refractivity contribution in [1.82, 2.24) is 4.98 Å². The van der Waals surface area contributed by atoms with E-state index in [1.807, 2.05) is 25.1 Å². The summed E-state index contributed by atoms with van der Waals surface area (Å²) >= 11 is 0. The third-order valence-corrected chi connectivity index (χ3v) is 2.94. The summed E-state index contributed by atoms with van der Waals surface area (Å²) in [6.07, 6.45) is 0. The van der Waals surface area contributed by atoms with Crippen molar-refractivity contribution in [1.29, 1.82) is 0 Å². The number of pyridine rings is 1. The van der Waals surface area contributed by atoms with E-state index in [0.717, 1.165) is 16.5 Å². The Balaban J connectivity index is -0.000000389. The number of methoxy groups -OCH3 is 1. The van der Waals surface area contributed by atoms with Gasteiger partial charge in [-0.1, -0.05) is 12.1 Å². The molecule has 0 aliphatic carbocycles. The Morgan fingerprint density at radius 1 is 1.21 bits per heavy atom. The van der Waals surface area contributed by atoms with Gasteiger partial charge >= 0.3 is 88.7 Å². The molecule has 2 aromatic rings. The van der Waals surface area contributed by atoms with Crippen LogP contribution in [0.3, 0.4) is 0 Å². The summed E-state index contributed by atoms with van der Waals surface area (Å²) in [6, 6.07) is 7.29. The zero-order valence-corrected chi connectivity index (χ0v) is 21.0. The van der Waals surface area contributed by atoms with E-state index in [9.17, 15) is 4.79 Å². The second-order valence-electron chi connectivity index (χ2n) is 3.96. The van der Waals surface area contributed by atoms with Crippen LogP contribution in [0.4, 0.5) is 4.79 Å². The third-order valence-electron chi connectivity index (χ3n) is 2.49. The van der Waals surface area contributed by atoms with Gasteiger partial charge in [-0.25, -0.2) is 0 Å². The molecule has 0 amide bonds. The number of carbonyl (C=O) groups is 1. The van der Waals surface area contributed by atoms with Crippen molar-refractivity contribution in [2.45, 2.75) is 6.92 Å². The summed E-state index contributed by atoms with van der Waals surface area (Å²) in [6.45, 7) is 1.91. The number of para-hydroxylation sites is 1. The average molecular weight is 381 g/mol. The number of benzene rings is 1. The fourth-order valence-corrected chi connectivity index (χ4v) is 1.59. The minimum Gasteiger partial charge on any atom is -0.807 e. The maximum atomic E-state index is 11.3. The molecule has 2 rings (SSSR count). The molecule has 114 valence electrons. The largest absolute Gasteiger partial charge is 1.00 e. The summed E-state index contributed by atoms with van der Waals surface area (Å²) in [7, 11) is -3.84. The van der Waals surface area contributed by atoms with Crippen LogP contribution >= 0.6 is 7.60 Å². The number of aromatic nitrogens is 1. The van der Waals surface area contributed by atoms with Crippen molar-refractivity contribution in [3.8, 4) is 5.75 Å². The Hall–Kier alpha value is 0.850. The number of carbonyl (C=O) groups excluding carboxylic acids is 1. The van der Waals surface area contributed by atoms with Crippen LogP contribution in [0.15, 0.2) is 29.1 Å². The van der Waals surface area contributed by atoms with Crippen molar-refractivity contribution in [2.24, 2.45) is 0 Å². The van der Waals surface area contributed by atoms with Crippen LogP contribution in [-0.4, -0.2) is 17.8 Å². The monoisotopic (exact) mass is 381 g/mol. The van der Waals surface area contributed by atoms with Gasteiger partial charge in [-0.3, -0.25) is 4.79 Å². The molecule has 0 unspecified atom stereocenters. The van der Waals surface area contributed by atoms with Gasteiger partial charge in [0.1, 0.15) is 5.75 Å². The second kappa shape index (κ2) is 13.1. The first-order valence-corrected chi connectivity index (χ1v) is 7.11. The number of aryl methyl sites for hydroxylation is 1. The van der Waals surface area contributed by atoms with Gasteiger partial charge in [0.25, 0.3) is 0 Å². The number of H-pyrrole nitrogens is 1. The number of rotatable bonds is 2. The molecule has 24 heavy (non-hydrogen) atoms. The summed E-state index contributed by atoms with van der Waals surface area (Å²) in [5.74, 6) is 0.698. The SMILES string of the molecule is COc1cccc2c(C)cc(=O)[nH]c12.O=C([O-])P(=O)([O-])[O-].[Na+].[Na+].[Na+]. The molecule has 1 N–H and O–H groups in total. The molecule has 12 heteroatoms. The topological polar surface area (TPSA) is 145 Å². The maximum Gasteiger partial charge on any atom is 1.00 e. The number of nitrogens with one attached hydrogen (secondary N) is 1. The Kier molecular flexibility index (Phi) is 16.1. The molecule has 0 aliphatic heterocycles. The standard InChI is InChI=1S/C11H11NO2.CH3O5P.3Na/c1-7-6-10(13)12-11-8(7)4-3-5-9(11)14-2;2-1(3)7(4,5)6;;;/h3-6H,1-2H3,(H,12,13);(H,2,3)(H2,4,5,6);;;/q;;3*+1/p-3. The summed E-state index contributed by atoms with van der Waals surface area (Å²) in [4.78, 5) is 41.3. The van der Waals surface area contributed by atoms with E-state index in [-0.39, 0.29) is 94.2 Å². The van der Waals surface area contributed by atoms with E-state index in [0.29, 0.717) is 5.75 Å². The molecular formula is C12H11NNa3O7P. The van der Waals surface area contributed by atoms with Crippen molar-refractivity contribution in [3.63, 3.8) is 0 Å². The number of aromatic amines is 1. The maximum absolute atomic E-state index is 11.3. The van der Waals surface area contributed by atoms with Crippen LogP contribution in [0.1, 0.15) is 5.56 Å². The fourth-order valence-electron chi connectivity index (χ4n) is 1.59. The number of hydrogen-bond donors (Lipinski definition) is 1. The first-order valence-electron chi connectivity index (χ1n) is 5.57. The Morgan fingerprint density at radius 3 is 2.12 bits per heavy atom. The van der Waals surface area contributed by atoms with Crippen LogP contribution in [-0.2, 0) is 4.57 Å². The summed E-state index contributed by atoms with van der Waals surface area (Å²) in [5, 5.41) is 10.0. The van der Waals surface area contributed by atoms with E-state index in [1.54, 1.807) is 13.2 Å². The van der Waals surface area contributed by atoms with Crippen LogP contribution in [0.2, 0.25) is 0 Å². The normalized spacial score (nSPS) is 9.33. The van der Waals surface area contributed by atoms with Crippen LogP contribution in [0.5, 0.6) is 5.75 Å². The fraction of sp³-hybridized carbons (Fsp3) is 0.167. The van der Waals surface area contributed by atoms with E-state index < -0.39 is 13.3 Å². The molecule has 0 saturated heterocycles. The van der Waals surface area contributed by atoms with E-state index >= 15 is 0 Å². The second-order valence-corrected chi connectivity index (χ2v) is 5.32. The minimum absolute atomic E-state index is 0. The van der Waals surface area contributed by atoms with Gasteiger partial charge in [-0.15, -0.1) is 0 Å². The molecule has 0 aliphatic rings. The van der Waals surface area contributed by atoms with Gasteiger partial charge in [0, 0.05) is 11.5 Å². The van der Waals surface area contributed by atoms with Crippen LogP contribution in [0, 0.1) is 6.92 Å². The molecule has 0 spiro atoms. The quantitative estimate of drug-likeness (QED) is 0.402. The third kappa shape index (κ3) is 8.98. The Labute approximate surface area is 204 Å². The van der Waals surface area contributed by atoms with E-state index in [4.69, 9.17) is 29.0 Å². The molecule has 0 saturated carbocycles. The van der Waals surface area contributed by atoms with Gasteiger partial charge in [0.2, 0.25) is 5.56 Å². The molecule has 0 fully saturated rings. The van der Waals surface area contributed by atoms with Crippen molar-refractivity contribution < 1.29 is 118 Å². The van der Waals surface area contributed by atoms with Crippen molar-refractivity contribution in [2.75, 3.05) is 7.11 Å². The van der Waals surface area contributed by atoms with E-state index in [1.165, 1.54) is 0 Å². The molecule has 0 bridgehead atoms. The van der Waals surface area contributed by atoms with Gasteiger partial charge in [-0.2, -0.15) is 0 Å². The van der Waals surface area contributed by atoms with Gasteiger partial charge in [0.05, 0.1) is 18.3 Å². The van der Waals surface area contributed by atoms with Crippen molar-refractivity contribution in [3.05, 3.63) is 40.2 Å². The molecule has 8 nitrogen and oxygen atoms in total.